The minimum atomic E-state index is -2.55. The summed E-state index contributed by atoms with van der Waals surface area (Å²) in [5.41, 5.74) is 0. The van der Waals surface area contributed by atoms with Gasteiger partial charge in [0.05, 0.1) is 0 Å². The van der Waals surface area contributed by atoms with E-state index in [1.54, 1.807) is 0 Å². The van der Waals surface area contributed by atoms with Crippen molar-refractivity contribution in [3.05, 3.63) is 49.0 Å². The Labute approximate surface area is 94.8 Å². The first-order chi connectivity index (χ1) is 8.02. The summed E-state index contributed by atoms with van der Waals surface area (Å²) in [7, 11) is 0. The molecule has 0 saturated heterocycles. The fourth-order valence-electron chi connectivity index (χ4n) is 0.876. The van der Waals surface area contributed by atoms with E-state index in [1.165, 1.54) is 24.3 Å². The van der Waals surface area contributed by atoms with E-state index in [0.717, 1.165) is 6.08 Å². The zero-order valence-corrected chi connectivity index (χ0v) is 8.45. The van der Waals surface area contributed by atoms with Crippen molar-refractivity contribution in [1.82, 2.24) is 0 Å². The molecule has 0 bridgehead atoms. The highest BCUT2D eigenvalue weighted by Gasteiger charge is 2.08. The molecule has 0 heterocycles. The first-order valence-corrected chi connectivity index (χ1v) is 4.36. The summed E-state index contributed by atoms with van der Waals surface area (Å²) in [5, 5.41) is 0. The van der Waals surface area contributed by atoms with Crippen LogP contribution in [0.25, 0.3) is 0 Å². The van der Waals surface area contributed by atoms with Gasteiger partial charge in [-0.2, -0.15) is 13.2 Å². The van der Waals surface area contributed by atoms with Gasteiger partial charge in [-0.15, -0.1) is 0 Å². The molecule has 0 aliphatic heterocycles. The third-order valence-corrected chi connectivity index (χ3v) is 1.56. The van der Waals surface area contributed by atoms with Crippen molar-refractivity contribution < 1.29 is 27.4 Å². The van der Waals surface area contributed by atoms with Gasteiger partial charge >= 0.3 is 18.1 Å². The first kappa shape index (κ1) is 12.8. The molecule has 3 nitrogen and oxygen atoms in total. The van der Waals surface area contributed by atoms with Crippen LogP contribution in [0.1, 0.15) is 0 Å². The van der Waals surface area contributed by atoms with Crippen molar-refractivity contribution in [2.24, 2.45) is 0 Å². The van der Waals surface area contributed by atoms with E-state index >= 15 is 0 Å². The van der Waals surface area contributed by atoms with Gasteiger partial charge in [0.15, 0.2) is 0 Å². The molecule has 1 aromatic carbocycles. The number of hydrogen-bond donors (Lipinski definition) is 0. The minimum absolute atomic E-state index is 0.145. The number of rotatable bonds is 4. The quantitative estimate of drug-likeness (QED) is 0.353. The molecule has 0 aromatic heterocycles. The normalized spacial score (nSPS) is 9.35. The van der Waals surface area contributed by atoms with E-state index in [1.807, 2.05) is 0 Å². The molecule has 0 N–H and O–H groups in total. The Bertz CT molecular complexity index is 448. The summed E-state index contributed by atoms with van der Waals surface area (Å²) in [4.78, 5) is 10.8. The summed E-state index contributed by atoms with van der Waals surface area (Å²) in [5.74, 6) is -0.652. The van der Waals surface area contributed by atoms with Crippen LogP contribution in [0.2, 0.25) is 0 Å². The van der Waals surface area contributed by atoms with Gasteiger partial charge in [-0.3, -0.25) is 0 Å². The molecular formula is C11H7F3O3. The molecule has 0 saturated carbocycles. The Morgan fingerprint density at radius 1 is 1.06 bits per heavy atom. The van der Waals surface area contributed by atoms with Crippen LogP contribution in [0.4, 0.5) is 13.2 Å². The average molecular weight is 244 g/mol. The van der Waals surface area contributed by atoms with Crippen LogP contribution < -0.4 is 9.47 Å². The number of esters is 1. The van der Waals surface area contributed by atoms with E-state index in [9.17, 15) is 18.0 Å². The van der Waals surface area contributed by atoms with Gasteiger partial charge in [0, 0.05) is 6.08 Å². The van der Waals surface area contributed by atoms with Gasteiger partial charge in [0.1, 0.15) is 11.5 Å². The molecule has 17 heavy (non-hydrogen) atoms. The maximum absolute atomic E-state index is 12.4. The zero-order valence-electron chi connectivity index (χ0n) is 8.45. The summed E-state index contributed by atoms with van der Waals surface area (Å²) in [6.07, 6.45) is -1.59. The van der Waals surface area contributed by atoms with Gasteiger partial charge in [-0.1, -0.05) is 6.58 Å². The van der Waals surface area contributed by atoms with Crippen LogP contribution in [-0.4, -0.2) is 5.97 Å². The average Bonchev–Trinajstić information content (AvgIpc) is 2.31. The lowest BCUT2D eigenvalue weighted by atomic mass is 10.3. The molecule has 0 fully saturated rings. The third kappa shape index (κ3) is 4.02. The van der Waals surface area contributed by atoms with Crippen molar-refractivity contribution in [2.75, 3.05) is 0 Å². The van der Waals surface area contributed by atoms with Crippen molar-refractivity contribution in [2.45, 2.75) is 0 Å². The molecule has 0 amide bonds. The molecule has 0 aliphatic rings. The second-order valence-electron chi connectivity index (χ2n) is 2.73. The van der Waals surface area contributed by atoms with Gasteiger partial charge in [0.25, 0.3) is 0 Å². The number of halogens is 3. The van der Waals surface area contributed by atoms with E-state index in [4.69, 9.17) is 4.74 Å². The summed E-state index contributed by atoms with van der Waals surface area (Å²) < 4.78 is 44.7. The van der Waals surface area contributed by atoms with Crippen molar-refractivity contribution in [3.8, 4) is 11.5 Å². The molecule has 1 aromatic rings. The lowest BCUT2D eigenvalue weighted by Crippen LogP contribution is -2.02. The first-order valence-electron chi connectivity index (χ1n) is 4.36. The minimum Gasteiger partial charge on any atom is -0.428 e. The molecule has 0 atom stereocenters. The predicted molar refractivity (Wildman–Crippen MR) is 53.3 cm³/mol. The lowest BCUT2D eigenvalue weighted by molar-refractivity contribution is -0.128. The maximum Gasteiger partial charge on any atom is 0.344 e. The van der Waals surface area contributed by atoms with Crippen LogP contribution in [-0.2, 0) is 4.79 Å². The fraction of sp³-hybridized carbons (Fsp3) is 0. The molecule has 0 aliphatic carbocycles. The molecular weight excluding hydrogens is 237 g/mol. The van der Waals surface area contributed by atoms with Crippen molar-refractivity contribution in [3.63, 3.8) is 0 Å². The van der Waals surface area contributed by atoms with E-state index < -0.39 is 18.1 Å². The Morgan fingerprint density at radius 3 is 1.94 bits per heavy atom. The summed E-state index contributed by atoms with van der Waals surface area (Å²) >= 11 is 0. The van der Waals surface area contributed by atoms with Crippen LogP contribution in [0.15, 0.2) is 49.0 Å². The van der Waals surface area contributed by atoms with E-state index in [-0.39, 0.29) is 11.5 Å². The monoisotopic (exact) mass is 244 g/mol. The Kier molecular flexibility index (Phi) is 4.33. The second kappa shape index (κ2) is 5.74. The lowest BCUT2D eigenvalue weighted by Gasteiger charge is -2.04. The number of carbonyl (C=O) groups is 1. The van der Waals surface area contributed by atoms with E-state index in [2.05, 4.69) is 11.3 Å². The van der Waals surface area contributed by atoms with Crippen LogP contribution >= 0.6 is 0 Å². The second-order valence-corrected chi connectivity index (χ2v) is 2.73. The van der Waals surface area contributed by atoms with Gasteiger partial charge in [0.2, 0.25) is 0 Å². The van der Waals surface area contributed by atoms with Crippen LogP contribution in [0.5, 0.6) is 11.5 Å². The predicted octanol–water partition coefficient (Wildman–Crippen LogP) is 3.19. The topological polar surface area (TPSA) is 35.5 Å². The highest BCUT2D eigenvalue weighted by atomic mass is 19.3. The number of benzene rings is 1. The molecule has 6 heteroatoms. The summed E-state index contributed by atoms with van der Waals surface area (Å²) in [6, 6.07) is 2.91. The third-order valence-electron chi connectivity index (χ3n) is 1.56. The molecule has 0 unspecified atom stereocenters. The summed E-state index contributed by atoms with van der Waals surface area (Å²) in [6.45, 7) is 3.19. The van der Waals surface area contributed by atoms with Crippen LogP contribution in [0.3, 0.4) is 0 Å². The van der Waals surface area contributed by atoms with Crippen LogP contribution in [0, 0.1) is 0 Å². The smallest absolute Gasteiger partial charge is 0.344 e. The SMILES string of the molecule is C=CC(=O)Oc1ccc(OC(F)=C(F)F)cc1. The highest BCUT2D eigenvalue weighted by Crippen LogP contribution is 2.21. The zero-order chi connectivity index (χ0) is 12.8. The molecule has 90 valence electrons. The Morgan fingerprint density at radius 2 is 1.53 bits per heavy atom. The van der Waals surface area contributed by atoms with Crippen molar-refractivity contribution >= 4 is 5.97 Å². The van der Waals surface area contributed by atoms with Gasteiger partial charge < -0.3 is 9.47 Å². The van der Waals surface area contributed by atoms with Crippen molar-refractivity contribution in [1.29, 1.82) is 0 Å². The number of hydrogen-bond acceptors (Lipinski definition) is 3. The van der Waals surface area contributed by atoms with E-state index in [0.29, 0.717) is 0 Å². The van der Waals surface area contributed by atoms with Gasteiger partial charge in [-0.05, 0) is 24.3 Å². The molecule has 0 spiro atoms. The highest BCUT2D eigenvalue weighted by molar-refractivity contribution is 5.83. The fourth-order valence-corrected chi connectivity index (χ4v) is 0.876. The van der Waals surface area contributed by atoms with Gasteiger partial charge in [-0.25, -0.2) is 4.79 Å². The standard InChI is InChI=1S/C11H7F3O3/c1-2-9(15)16-7-3-5-8(6-4-7)17-11(14)10(12)13/h2-6H,1H2. The Hall–Kier alpha value is -2.24. The Balaban J connectivity index is 2.72. The molecule has 0 radical (unpaired) electrons. The largest absolute Gasteiger partial charge is 0.428 e. The molecule has 1 rings (SSSR count). The number of carbonyl (C=O) groups excluding carboxylic acids is 1. The maximum atomic E-state index is 12.4. The number of ether oxygens (including phenoxy) is 2.